The molecule has 1 N–H and O–H groups in total. The van der Waals surface area contributed by atoms with Gasteiger partial charge in [0.25, 0.3) is 5.91 Å². The zero-order valence-electron chi connectivity index (χ0n) is 20.7. The maximum absolute atomic E-state index is 13.1. The van der Waals surface area contributed by atoms with Crippen LogP contribution in [0.4, 0.5) is 5.00 Å². The fraction of sp³-hybridized carbons (Fsp3) is 0.480. The summed E-state index contributed by atoms with van der Waals surface area (Å²) in [7, 11) is -3.64. The molecular weight excluding hydrogens is 502 g/mol. The van der Waals surface area contributed by atoms with Crippen molar-refractivity contribution in [2.75, 3.05) is 25.0 Å². The Bertz CT molecular complexity index is 1270. The largest absolute Gasteiger partial charge is 0.462 e. The van der Waals surface area contributed by atoms with Gasteiger partial charge >= 0.3 is 5.97 Å². The van der Waals surface area contributed by atoms with Gasteiger partial charge in [-0.05, 0) is 62.9 Å². The van der Waals surface area contributed by atoms with E-state index in [1.54, 1.807) is 11.8 Å². The van der Waals surface area contributed by atoms with Crippen molar-refractivity contribution in [3.8, 4) is 0 Å². The number of hydrogen-bond acceptors (Lipinski definition) is 7. The second-order valence-corrected chi connectivity index (χ2v) is 12.1. The summed E-state index contributed by atoms with van der Waals surface area (Å²) in [4.78, 5) is 40.3. The average molecular weight is 534 g/mol. The minimum atomic E-state index is -3.64. The first-order chi connectivity index (χ1) is 17.1. The van der Waals surface area contributed by atoms with Crippen LogP contribution in [0.25, 0.3) is 0 Å². The summed E-state index contributed by atoms with van der Waals surface area (Å²) in [6, 6.07) is 5.79. The van der Waals surface area contributed by atoms with Gasteiger partial charge in [-0.15, -0.1) is 11.3 Å². The van der Waals surface area contributed by atoms with E-state index in [1.807, 2.05) is 6.92 Å². The molecule has 0 aliphatic carbocycles. The van der Waals surface area contributed by atoms with Crippen molar-refractivity contribution in [3.63, 3.8) is 0 Å². The van der Waals surface area contributed by atoms with E-state index >= 15 is 0 Å². The highest BCUT2D eigenvalue weighted by molar-refractivity contribution is 7.89. The van der Waals surface area contributed by atoms with Crippen molar-refractivity contribution in [1.82, 2.24) is 9.21 Å². The van der Waals surface area contributed by atoms with Crippen LogP contribution < -0.4 is 5.32 Å². The molecule has 1 aromatic carbocycles. The summed E-state index contributed by atoms with van der Waals surface area (Å²) >= 11 is 1.26. The van der Waals surface area contributed by atoms with E-state index in [0.29, 0.717) is 36.6 Å². The first-order valence-corrected chi connectivity index (χ1v) is 14.4. The summed E-state index contributed by atoms with van der Waals surface area (Å²) < 4.78 is 32.9. The predicted molar refractivity (Wildman–Crippen MR) is 137 cm³/mol. The maximum atomic E-state index is 13.1. The minimum absolute atomic E-state index is 0.0497. The van der Waals surface area contributed by atoms with Crippen LogP contribution in [0.2, 0.25) is 0 Å². The molecule has 1 atom stereocenters. The van der Waals surface area contributed by atoms with E-state index < -0.39 is 21.9 Å². The van der Waals surface area contributed by atoms with Crippen molar-refractivity contribution in [2.24, 2.45) is 0 Å². The smallest absolute Gasteiger partial charge is 0.341 e. The van der Waals surface area contributed by atoms with Crippen molar-refractivity contribution >= 4 is 44.1 Å². The van der Waals surface area contributed by atoms with E-state index in [-0.39, 0.29) is 29.0 Å². The molecule has 194 valence electrons. The van der Waals surface area contributed by atoms with Crippen LogP contribution in [0.1, 0.15) is 71.2 Å². The van der Waals surface area contributed by atoms with Gasteiger partial charge in [0, 0.05) is 36.5 Å². The molecule has 2 aromatic rings. The highest BCUT2D eigenvalue weighted by Gasteiger charge is 2.32. The Morgan fingerprint density at radius 3 is 2.50 bits per heavy atom. The van der Waals surface area contributed by atoms with Crippen molar-refractivity contribution < 1.29 is 27.5 Å². The van der Waals surface area contributed by atoms with Crippen LogP contribution in [0.15, 0.2) is 29.2 Å². The van der Waals surface area contributed by atoms with Crippen LogP contribution in [0.5, 0.6) is 0 Å². The van der Waals surface area contributed by atoms with Gasteiger partial charge in [-0.3, -0.25) is 9.59 Å². The quantitative estimate of drug-likeness (QED) is 0.567. The van der Waals surface area contributed by atoms with E-state index in [1.165, 1.54) is 46.8 Å². The van der Waals surface area contributed by atoms with Crippen LogP contribution in [-0.4, -0.2) is 61.1 Å². The molecule has 2 aliphatic heterocycles. The lowest BCUT2D eigenvalue weighted by atomic mass is 10.0. The molecule has 36 heavy (non-hydrogen) atoms. The summed E-state index contributed by atoms with van der Waals surface area (Å²) in [6.45, 7) is 6.68. The first-order valence-electron chi connectivity index (χ1n) is 12.1. The molecule has 2 aliphatic rings. The van der Waals surface area contributed by atoms with E-state index in [2.05, 4.69) is 5.32 Å². The van der Waals surface area contributed by atoms with E-state index in [9.17, 15) is 22.8 Å². The highest BCUT2D eigenvalue weighted by atomic mass is 32.2. The minimum Gasteiger partial charge on any atom is -0.462 e. The number of thiophene rings is 1. The van der Waals surface area contributed by atoms with Crippen LogP contribution >= 0.6 is 11.3 Å². The zero-order chi connectivity index (χ0) is 26.0. The lowest BCUT2D eigenvalue weighted by molar-refractivity contribution is -0.129. The number of hydrogen-bond donors (Lipinski definition) is 1. The van der Waals surface area contributed by atoms with Gasteiger partial charge in [0.05, 0.1) is 23.6 Å². The molecule has 2 amide bonds. The van der Waals surface area contributed by atoms with Crippen molar-refractivity contribution in [1.29, 1.82) is 0 Å². The van der Waals surface area contributed by atoms with Gasteiger partial charge in [-0.25, -0.2) is 13.2 Å². The molecule has 0 bridgehead atoms. The Morgan fingerprint density at radius 1 is 1.14 bits per heavy atom. The van der Waals surface area contributed by atoms with Gasteiger partial charge in [0.1, 0.15) is 5.00 Å². The summed E-state index contributed by atoms with van der Waals surface area (Å²) in [5.74, 6) is -1.03. The molecule has 0 saturated carbocycles. The fourth-order valence-electron chi connectivity index (χ4n) is 4.70. The van der Waals surface area contributed by atoms with Crippen LogP contribution in [-0.2, 0) is 32.5 Å². The Morgan fingerprint density at radius 2 is 1.86 bits per heavy atom. The normalized spacial score (nSPS) is 18.4. The number of rotatable bonds is 6. The molecular formula is C25H31N3O6S2. The second-order valence-electron chi connectivity index (χ2n) is 9.06. The second kappa shape index (κ2) is 10.7. The number of benzene rings is 1. The Hall–Kier alpha value is -2.76. The number of carbonyl (C=O) groups excluding carboxylic acids is 3. The van der Waals surface area contributed by atoms with Crippen LogP contribution in [0.3, 0.4) is 0 Å². The molecule has 0 unspecified atom stereocenters. The SMILES string of the molecule is CCOC(=O)c1c(NC(=O)c2ccc(S(=O)(=O)N3CCCC[C@@H]3C)cc2)sc2c1CCN(C(C)=O)C2. The molecule has 0 spiro atoms. The molecule has 1 saturated heterocycles. The lowest BCUT2D eigenvalue weighted by Gasteiger charge is -2.32. The van der Waals surface area contributed by atoms with Crippen LogP contribution in [0, 0.1) is 0 Å². The molecule has 0 radical (unpaired) electrons. The summed E-state index contributed by atoms with van der Waals surface area (Å²) in [6.07, 6.45) is 3.18. The Balaban J connectivity index is 1.57. The maximum Gasteiger partial charge on any atom is 0.341 e. The summed E-state index contributed by atoms with van der Waals surface area (Å²) in [5.41, 5.74) is 1.39. The Kier molecular flexibility index (Phi) is 7.82. The van der Waals surface area contributed by atoms with Gasteiger partial charge in [-0.1, -0.05) is 6.42 Å². The van der Waals surface area contributed by atoms with Gasteiger partial charge in [0.15, 0.2) is 0 Å². The first kappa shape index (κ1) is 26.3. The number of anilines is 1. The lowest BCUT2D eigenvalue weighted by Crippen LogP contribution is -2.41. The highest BCUT2D eigenvalue weighted by Crippen LogP contribution is 2.38. The van der Waals surface area contributed by atoms with Gasteiger partial charge < -0.3 is 15.0 Å². The third-order valence-corrected chi connectivity index (χ3v) is 9.83. The molecule has 9 nitrogen and oxygen atoms in total. The topological polar surface area (TPSA) is 113 Å². The molecule has 1 aromatic heterocycles. The molecule has 11 heteroatoms. The number of piperidine rings is 1. The number of carbonyl (C=O) groups is 3. The molecule has 3 heterocycles. The molecule has 4 rings (SSSR count). The third kappa shape index (κ3) is 5.18. The van der Waals surface area contributed by atoms with E-state index in [4.69, 9.17) is 4.74 Å². The monoisotopic (exact) mass is 533 g/mol. The number of nitrogens with one attached hydrogen (secondary N) is 1. The standard InChI is InChI=1S/C25H31N3O6S2/c1-4-34-25(31)22-20-12-14-27(17(3)29)15-21(20)35-24(22)26-23(30)18-8-10-19(11-9-18)36(32,33)28-13-6-5-7-16(28)2/h8-11,16H,4-7,12-15H2,1-3H3,(H,26,30)/t16-/m0/s1. The van der Waals surface area contributed by atoms with Crippen molar-refractivity contribution in [3.05, 3.63) is 45.8 Å². The number of sulfonamides is 1. The fourth-order valence-corrected chi connectivity index (χ4v) is 7.64. The number of ether oxygens (including phenoxy) is 1. The zero-order valence-corrected chi connectivity index (χ0v) is 22.3. The number of nitrogens with zero attached hydrogens (tertiary/aromatic N) is 2. The van der Waals surface area contributed by atoms with Gasteiger partial charge in [0.2, 0.25) is 15.9 Å². The third-order valence-electron chi connectivity index (χ3n) is 6.67. The molecule has 1 fully saturated rings. The Labute approximate surface area is 215 Å². The number of amides is 2. The average Bonchev–Trinajstić information content (AvgIpc) is 3.21. The summed E-state index contributed by atoms with van der Waals surface area (Å²) in [5, 5.41) is 3.18. The number of fused-ring (bicyclic) bond motifs is 1. The van der Waals surface area contributed by atoms with Crippen molar-refractivity contribution in [2.45, 2.75) is 63.9 Å². The number of esters is 1. The predicted octanol–water partition coefficient (Wildman–Crippen LogP) is 3.64. The van der Waals surface area contributed by atoms with Gasteiger partial charge in [-0.2, -0.15) is 4.31 Å². The van der Waals surface area contributed by atoms with E-state index in [0.717, 1.165) is 29.7 Å².